The number of thioether (sulfide) groups is 1. The quantitative estimate of drug-likeness (QED) is 0.487. The third-order valence-electron chi connectivity index (χ3n) is 4.29. The van der Waals surface area contributed by atoms with Gasteiger partial charge in [0.2, 0.25) is 0 Å². The highest BCUT2D eigenvalue weighted by atomic mass is 79.9. The van der Waals surface area contributed by atoms with E-state index in [1.54, 1.807) is 11.8 Å². The van der Waals surface area contributed by atoms with E-state index in [0.29, 0.717) is 0 Å². The first kappa shape index (κ1) is 17.8. The van der Waals surface area contributed by atoms with Crippen molar-refractivity contribution >= 4 is 44.7 Å². The monoisotopic (exact) mass is 433 g/mol. The molecule has 4 rings (SSSR count). The van der Waals surface area contributed by atoms with Crippen LogP contribution in [0.3, 0.4) is 0 Å². The standard InChI is InChI=1S/C18H20BrN5OS/c1-2-14-20-15-16(21-14)22-18(23-17(15)24-7-9-25-10-8-24)26-11-12-3-5-13(19)6-4-12/h3-6H,2,7-11H2,1H3,(H,20,21,22,23). The van der Waals surface area contributed by atoms with Gasteiger partial charge in [-0.3, -0.25) is 0 Å². The van der Waals surface area contributed by atoms with Gasteiger partial charge in [0.1, 0.15) is 11.3 Å². The maximum atomic E-state index is 5.48. The number of aryl methyl sites for hydroxylation is 1. The van der Waals surface area contributed by atoms with Crippen molar-refractivity contribution in [3.63, 3.8) is 0 Å². The van der Waals surface area contributed by atoms with Crippen molar-refractivity contribution in [2.45, 2.75) is 24.3 Å². The third kappa shape index (κ3) is 3.87. The molecule has 0 bridgehead atoms. The molecule has 136 valence electrons. The first-order valence-electron chi connectivity index (χ1n) is 8.69. The minimum absolute atomic E-state index is 0.724. The molecule has 0 spiro atoms. The summed E-state index contributed by atoms with van der Waals surface area (Å²) in [6, 6.07) is 8.34. The Bertz CT molecular complexity index is 892. The fraction of sp³-hybridized carbons (Fsp3) is 0.389. The van der Waals surface area contributed by atoms with Gasteiger partial charge in [-0.1, -0.05) is 46.7 Å². The Labute approximate surface area is 164 Å². The number of nitrogens with one attached hydrogen (secondary N) is 1. The molecule has 8 heteroatoms. The summed E-state index contributed by atoms with van der Waals surface area (Å²) < 4.78 is 6.57. The predicted octanol–water partition coefficient (Wildman–Crippen LogP) is 3.81. The van der Waals surface area contributed by atoms with Crippen LogP contribution in [0.25, 0.3) is 11.2 Å². The van der Waals surface area contributed by atoms with Crippen LogP contribution in [0.5, 0.6) is 0 Å². The van der Waals surface area contributed by atoms with Crippen molar-refractivity contribution in [2.24, 2.45) is 0 Å². The molecule has 1 N–H and O–H groups in total. The molecule has 0 unspecified atom stereocenters. The van der Waals surface area contributed by atoms with Gasteiger partial charge in [-0.05, 0) is 17.7 Å². The van der Waals surface area contributed by atoms with Crippen LogP contribution in [-0.2, 0) is 16.9 Å². The minimum atomic E-state index is 0.724. The first-order valence-corrected chi connectivity index (χ1v) is 10.5. The third-order valence-corrected chi connectivity index (χ3v) is 5.73. The molecule has 6 nitrogen and oxygen atoms in total. The number of ether oxygens (including phenoxy) is 1. The van der Waals surface area contributed by atoms with Crippen molar-refractivity contribution in [3.8, 4) is 0 Å². The lowest BCUT2D eigenvalue weighted by Crippen LogP contribution is -2.37. The number of aromatic amines is 1. The highest BCUT2D eigenvalue weighted by Gasteiger charge is 2.20. The Hall–Kier alpha value is -1.64. The zero-order chi connectivity index (χ0) is 17.9. The minimum Gasteiger partial charge on any atom is -0.378 e. The molecule has 3 heterocycles. The van der Waals surface area contributed by atoms with E-state index in [9.17, 15) is 0 Å². The average molecular weight is 434 g/mol. The van der Waals surface area contributed by atoms with E-state index < -0.39 is 0 Å². The number of benzene rings is 1. The molecule has 1 aliphatic rings. The maximum absolute atomic E-state index is 5.48. The van der Waals surface area contributed by atoms with E-state index >= 15 is 0 Å². The maximum Gasteiger partial charge on any atom is 0.192 e. The number of hydrogen-bond donors (Lipinski definition) is 1. The average Bonchev–Trinajstić information content (AvgIpc) is 3.11. The molecule has 3 aromatic rings. The number of rotatable bonds is 5. The van der Waals surface area contributed by atoms with E-state index in [0.717, 1.165) is 70.9 Å². The second-order valence-electron chi connectivity index (χ2n) is 6.08. The molecule has 0 radical (unpaired) electrons. The van der Waals surface area contributed by atoms with Crippen LogP contribution in [0.15, 0.2) is 33.9 Å². The second-order valence-corrected chi connectivity index (χ2v) is 7.94. The number of imidazole rings is 1. The number of morpholine rings is 1. The summed E-state index contributed by atoms with van der Waals surface area (Å²) in [6.45, 7) is 5.21. The van der Waals surface area contributed by atoms with Crippen LogP contribution in [0.1, 0.15) is 18.3 Å². The topological polar surface area (TPSA) is 66.9 Å². The molecule has 0 atom stereocenters. The van der Waals surface area contributed by atoms with Crippen molar-refractivity contribution in [1.82, 2.24) is 19.9 Å². The molecule has 2 aromatic heterocycles. The lowest BCUT2D eigenvalue weighted by molar-refractivity contribution is 0.122. The molecule has 1 aliphatic heterocycles. The van der Waals surface area contributed by atoms with Crippen molar-refractivity contribution in [3.05, 3.63) is 40.1 Å². The van der Waals surface area contributed by atoms with E-state index in [4.69, 9.17) is 9.72 Å². The van der Waals surface area contributed by atoms with E-state index in [1.165, 1.54) is 5.56 Å². The van der Waals surface area contributed by atoms with E-state index in [2.05, 4.69) is 67.0 Å². The summed E-state index contributed by atoms with van der Waals surface area (Å²) in [5, 5.41) is 0.760. The fourth-order valence-corrected chi connectivity index (χ4v) is 3.93. The zero-order valence-corrected chi connectivity index (χ0v) is 16.9. The number of H-pyrrole nitrogens is 1. The number of nitrogens with zero attached hydrogens (tertiary/aromatic N) is 4. The summed E-state index contributed by atoms with van der Waals surface area (Å²) in [7, 11) is 0. The van der Waals surface area contributed by atoms with Gasteiger partial charge in [-0.2, -0.15) is 0 Å². The predicted molar refractivity (Wildman–Crippen MR) is 108 cm³/mol. The van der Waals surface area contributed by atoms with Gasteiger partial charge < -0.3 is 14.6 Å². The van der Waals surface area contributed by atoms with Crippen LogP contribution in [-0.4, -0.2) is 46.2 Å². The largest absolute Gasteiger partial charge is 0.378 e. The lowest BCUT2D eigenvalue weighted by atomic mass is 10.2. The smallest absolute Gasteiger partial charge is 0.192 e. The lowest BCUT2D eigenvalue weighted by Gasteiger charge is -2.28. The van der Waals surface area contributed by atoms with Gasteiger partial charge in [0.25, 0.3) is 0 Å². The van der Waals surface area contributed by atoms with Gasteiger partial charge >= 0.3 is 0 Å². The number of anilines is 1. The van der Waals surface area contributed by atoms with Crippen LogP contribution >= 0.6 is 27.7 Å². The number of hydrogen-bond acceptors (Lipinski definition) is 6. The van der Waals surface area contributed by atoms with Crippen LogP contribution < -0.4 is 4.90 Å². The second kappa shape index (κ2) is 7.94. The summed E-state index contributed by atoms with van der Waals surface area (Å²) in [5.41, 5.74) is 2.92. The summed E-state index contributed by atoms with van der Waals surface area (Å²) in [6.07, 6.45) is 0.848. The summed E-state index contributed by atoms with van der Waals surface area (Å²) in [4.78, 5) is 19.8. The Morgan fingerprint density at radius 2 is 1.92 bits per heavy atom. The Kier molecular flexibility index (Phi) is 5.42. The molecule has 26 heavy (non-hydrogen) atoms. The molecular weight excluding hydrogens is 414 g/mol. The Morgan fingerprint density at radius 3 is 2.65 bits per heavy atom. The highest BCUT2D eigenvalue weighted by Crippen LogP contribution is 2.28. The van der Waals surface area contributed by atoms with Gasteiger partial charge in [-0.25, -0.2) is 15.0 Å². The SMILES string of the molecule is CCc1nc2nc(SCc3ccc(Br)cc3)nc(N3CCOCC3)c2[nH]1. The van der Waals surface area contributed by atoms with Gasteiger partial charge in [0, 0.05) is 29.7 Å². The van der Waals surface area contributed by atoms with Crippen LogP contribution in [0.2, 0.25) is 0 Å². The van der Waals surface area contributed by atoms with E-state index in [1.807, 2.05) is 0 Å². The van der Waals surface area contributed by atoms with Gasteiger partial charge in [-0.15, -0.1) is 0 Å². The molecule has 1 saturated heterocycles. The summed E-state index contributed by atoms with van der Waals surface area (Å²) >= 11 is 5.11. The van der Waals surface area contributed by atoms with Crippen molar-refractivity contribution < 1.29 is 4.74 Å². The normalized spacial score (nSPS) is 14.9. The Balaban J connectivity index is 1.64. The van der Waals surface area contributed by atoms with E-state index in [-0.39, 0.29) is 0 Å². The number of aromatic nitrogens is 4. The molecule has 0 amide bonds. The molecule has 0 saturated carbocycles. The van der Waals surface area contributed by atoms with Gasteiger partial charge in [0.15, 0.2) is 16.6 Å². The van der Waals surface area contributed by atoms with Crippen LogP contribution in [0, 0.1) is 0 Å². The zero-order valence-electron chi connectivity index (χ0n) is 14.5. The number of halogens is 1. The Morgan fingerprint density at radius 1 is 1.15 bits per heavy atom. The molecular formula is C18H20BrN5OS. The molecule has 1 aromatic carbocycles. The molecule has 0 aliphatic carbocycles. The fourth-order valence-electron chi connectivity index (χ4n) is 2.88. The van der Waals surface area contributed by atoms with Crippen molar-refractivity contribution in [1.29, 1.82) is 0 Å². The van der Waals surface area contributed by atoms with Crippen molar-refractivity contribution in [2.75, 3.05) is 31.2 Å². The van der Waals surface area contributed by atoms with Crippen LogP contribution in [0.4, 0.5) is 5.82 Å². The summed E-state index contributed by atoms with van der Waals surface area (Å²) in [5.74, 6) is 2.70. The highest BCUT2D eigenvalue weighted by molar-refractivity contribution is 9.10. The number of fused-ring (bicyclic) bond motifs is 1. The molecule has 1 fully saturated rings. The first-order chi connectivity index (χ1) is 12.7. The van der Waals surface area contributed by atoms with Gasteiger partial charge in [0.05, 0.1) is 13.2 Å².